The molecule has 5 rings (SSSR count). The molecule has 2 saturated heterocycles. The van der Waals surface area contributed by atoms with E-state index in [-0.39, 0.29) is 0 Å². The van der Waals surface area contributed by atoms with Gasteiger partial charge in [-0.1, -0.05) is 0 Å². The number of piperidine rings is 1. The summed E-state index contributed by atoms with van der Waals surface area (Å²) >= 11 is 0. The van der Waals surface area contributed by atoms with Crippen molar-refractivity contribution in [2.45, 2.75) is 44.9 Å². The van der Waals surface area contributed by atoms with Gasteiger partial charge in [0.2, 0.25) is 0 Å². The van der Waals surface area contributed by atoms with E-state index in [0.29, 0.717) is 12.5 Å². The van der Waals surface area contributed by atoms with Crippen molar-refractivity contribution < 1.29 is 13.9 Å². The van der Waals surface area contributed by atoms with Crippen LogP contribution in [0.3, 0.4) is 0 Å². The minimum atomic E-state index is 0.494. The van der Waals surface area contributed by atoms with Crippen LogP contribution in [0.1, 0.15) is 49.3 Å². The van der Waals surface area contributed by atoms with Crippen molar-refractivity contribution in [2.24, 2.45) is 0 Å². The Morgan fingerprint density at radius 3 is 2.53 bits per heavy atom. The highest BCUT2D eigenvalue weighted by Crippen LogP contribution is 2.40. The van der Waals surface area contributed by atoms with Crippen LogP contribution in [0.25, 0.3) is 22.4 Å². The lowest BCUT2D eigenvalue weighted by Gasteiger charge is -2.30. The van der Waals surface area contributed by atoms with Crippen LogP contribution in [-0.2, 0) is 0 Å². The van der Waals surface area contributed by atoms with Crippen LogP contribution in [0.2, 0.25) is 0 Å². The third-order valence-electron chi connectivity index (χ3n) is 7.35. The lowest BCUT2D eigenvalue weighted by molar-refractivity contribution is 0.254. The van der Waals surface area contributed by atoms with Crippen molar-refractivity contribution in [3.63, 3.8) is 0 Å². The molecule has 0 aliphatic carbocycles. The number of ether oxygens (including phenoxy) is 2. The Kier molecular flexibility index (Phi) is 7.07. The Labute approximate surface area is 202 Å². The number of hydrogen-bond acceptors (Lipinski definition) is 6. The molecule has 2 aliphatic rings. The maximum atomic E-state index is 6.22. The molecule has 6 heteroatoms. The van der Waals surface area contributed by atoms with Gasteiger partial charge in [0.25, 0.3) is 0 Å². The van der Waals surface area contributed by atoms with Crippen molar-refractivity contribution in [3.05, 3.63) is 41.7 Å². The smallest absolute Gasteiger partial charge is 0.163 e. The molecule has 0 amide bonds. The number of pyridine rings is 1. The fourth-order valence-corrected chi connectivity index (χ4v) is 5.36. The van der Waals surface area contributed by atoms with Crippen molar-refractivity contribution in [1.29, 1.82) is 0 Å². The number of aromatic nitrogens is 1. The SMILES string of the molecule is COc1cc2c(C3CCN(C)CC3)cc(-c3ccc(C)o3)nc2cc1OCCCN1CCCC1. The molecule has 2 aromatic heterocycles. The summed E-state index contributed by atoms with van der Waals surface area (Å²) in [5, 5.41) is 1.16. The summed E-state index contributed by atoms with van der Waals surface area (Å²) in [6, 6.07) is 10.4. The monoisotopic (exact) mass is 463 g/mol. The molecule has 182 valence electrons. The summed E-state index contributed by atoms with van der Waals surface area (Å²) in [6.07, 6.45) is 5.94. The largest absolute Gasteiger partial charge is 0.493 e. The summed E-state index contributed by atoms with van der Waals surface area (Å²) in [6.45, 7) is 8.41. The average molecular weight is 464 g/mol. The summed E-state index contributed by atoms with van der Waals surface area (Å²) < 4.78 is 17.9. The van der Waals surface area contributed by atoms with E-state index in [9.17, 15) is 0 Å². The van der Waals surface area contributed by atoms with Crippen LogP contribution in [0.15, 0.2) is 34.7 Å². The summed E-state index contributed by atoms with van der Waals surface area (Å²) in [7, 11) is 3.93. The molecular formula is C28H37N3O3. The highest BCUT2D eigenvalue weighted by molar-refractivity contribution is 5.88. The van der Waals surface area contributed by atoms with E-state index in [2.05, 4.69) is 35.0 Å². The fourth-order valence-electron chi connectivity index (χ4n) is 5.36. The number of nitrogens with zero attached hydrogens (tertiary/aromatic N) is 3. The van der Waals surface area contributed by atoms with Gasteiger partial charge in [0.15, 0.2) is 17.3 Å². The Morgan fingerprint density at radius 2 is 1.82 bits per heavy atom. The molecule has 0 N–H and O–H groups in total. The minimum absolute atomic E-state index is 0.494. The van der Waals surface area contributed by atoms with E-state index in [4.69, 9.17) is 18.9 Å². The Balaban J connectivity index is 1.46. The normalized spacial score (nSPS) is 18.1. The standard InChI is InChI=1S/C28H37N3O3/c1-20-7-8-26(34-20)25-17-22(21-9-14-30(2)15-10-21)23-18-27(32-3)28(19-24(23)29-25)33-16-6-13-31-11-4-5-12-31/h7-8,17-19,21H,4-6,9-16H2,1-3H3. The van der Waals surface area contributed by atoms with Crippen LogP contribution in [-0.4, -0.2) is 68.3 Å². The average Bonchev–Trinajstić information content (AvgIpc) is 3.53. The molecule has 0 saturated carbocycles. The second-order valence-corrected chi connectivity index (χ2v) is 9.86. The number of rotatable bonds is 8. The minimum Gasteiger partial charge on any atom is -0.493 e. The van der Waals surface area contributed by atoms with Crippen molar-refractivity contribution in [2.75, 3.05) is 53.5 Å². The van der Waals surface area contributed by atoms with Gasteiger partial charge in [-0.25, -0.2) is 4.98 Å². The predicted molar refractivity (Wildman–Crippen MR) is 136 cm³/mol. The molecule has 0 bridgehead atoms. The van der Waals surface area contributed by atoms with Crippen molar-refractivity contribution in [1.82, 2.24) is 14.8 Å². The number of furan rings is 1. The van der Waals surface area contributed by atoms with E-state index in [1.807, 2.05) is 19.1 Å². The molecule has 0 radical (unpaired) electrons. The summed E-state index contributed by atoms with van der Waals surface area (Å²) in [5.41, 5.74) is 3.16. The number of hydrogen-bond donors (Lipinski definition) is 0. The summed E-state index contributed by atoms with van der Waals surface area (Å²) in [4.78, 5) is 9.94. The number of benzene rings is 1. The molecule has 2 fully saturated rings. The maximum Gasteiger partial charge on any atom is 0.163 e. The molecule has 0 atom stereocenters. The molecule has 3 aromatic rings. The van der Waals surface area contributed by atoms with Crippen molar-refractivity contribution >= 4 is 10.9 Å². The van der Waals surface area contributed by atoms with E-state index in [1.165, 1.54) is 31.5 Å². The second kappa shape index (κ2) is 10.4. The van der Waals surface area contributed by atoms with E-state index in [0.717, 1.165) is 78.5 Å². The van der Waals surface area contributed by atoms with Gasteiger partial charge in [0.1, 0.15) is 11.5 Å². The Morgan fingerprint density at radius 1 is 1.03 bits per heavy atom. The zero-order valence-corrected chi connectivity index (χ0v) is 20.8. The Bertz CT molecular complexity index is 1110. The number of likely N-dealkylation sites (tertiary alicyclic amines) is 2. The van der Waals surface area contributed by atoms with Gasteiger partial charge in [-0.05, 0) is 108 Å². The van der Waals surface area contributed by atoms with Gasteiger partial charge in [-0.3, -0.25) is 0 Å². The number of fused-ring (bicyclic) bond motifs is 1. The lowest BCUT2D eigenvalue weighted by Crippen LogP contribution is -2.29. The first-order valence-electron chi connectivity index (χ1n) is 12.7. The first kappa shape index (κ1) is 23.2. The van der Waals surface area contributed by atoms with Gasteiger partial charge in [-0.15, -0.1) is 0 Å². The van der Waals surface area contributed by atoms with E-state index >= 15 is 0 Å². The van der Waals surface area contributed by atoms with Gasteiger partial charge >= 0.3 is 0 Å². The molecule has 34 heavy (non-hydrogen) atoms. The van der Waals surface area contributed by atoms with Crippen molar-refractivity contribution in [3.8, 4) is 23.0 Å². The predicted octanol–water partition coefficient (Wildman–Crippen LogP) is 5.49. The van der Waals surface area contributed by atoms with Crippen LogP contribution in [0.4, 0.5) is 0 Å². The molecule has 0 spiro atoms. The zero-order chi connectivity index (χ0) is 23.5. The van der Waals surface area contributed by atoms with Gasteiger partial charge in [-0.2, -0.15) is 0 Å². The maximum absolute atomic E-state index is 6.22. The van der Waals surface area contributed by atoms with E-state index in [1.54, 1.807) is 7.11 Å². The Hall–Kier alpha value is -2.57. The second-order valence-electron chi connectivity index (χ2n) is 9.86. The van der Waals surface area contributed by atoms with Crippen LogP contribution in [0, 0.1) is 6.92 Å². The quantitative estimate of drug-likeness (QED) is 0.412. The van der Waals surface area contributed by atoms with Crippen LogP contribution < -0.4 is 9.47 Å². The van der Waals surface area contributed by atoms with Gasteiger partial charge < -0.3 is 23.7 Å². The van der Waals surface area contributed by atoms with Crippen LogP contribution in [0.5, 0.6) is 11.5 Å². The summed E-state index contributed by atoms with van der Waals surface area (Å²) in [5.74, 6) is 3.76. The number of methoxy groups -OCH3 is 1. The third-order valence-corrected chi connectivity index (χ3v) is 7.35. The third kappa shape index (κ3) is 5.08. The zero-order valence-electron chi connectivity index (χ0n) is 20.8. The van der Waals surface area contributed by atoms with Gasteiger partial charge in [0, 0.05) is 18.0 Å². The molecule has 4 heterocycles. The van der Waals surface area contributed by atoms with E-state index < -0.39 is 0 Å². The highest BCUT2D eigenvalue weighted by Gasteiger charge is 2.23. The fraction of sp³-hybridized carbons (Fsp3) is 0.536. The molecular weight excluding hydrogens is 426 g/mol. The van der Waals surface area contributed by atoms with Crippen LogP contribution >= 0.6 is 0 Å². The molecule has 6 nitrogen and oxygen atoms in total. The first-order chi connectivity index (χ1) is 16.6. The number of aryl methyl sites for hydroxylation is 1. The first-order valence-corrected chi connectivity index (χ1v) is 12.7. The molecule has 2 aliphatic heterocycles. The molecule has 0 unspecified atom stereocenters. The van der Waals surface area contributed by atoms with Gasteiger partial charge in [0.05, 0.1) is 19.2 Å². The topological polar surface area (TPSA) is 51.0 Å². The lowest BCUT2D eigenvalue weighted by atomic mass is 9.87. The molecule has 1 aromatic carbocycles. The highest BCUT2D eigenvalue weighted by atomic mass is 16.5.